The number of rotatable bonds is 7. The largest absolute Gasteiger partial charge is 0.459 e. The molecule has 2 aromatic heterocycles. The van der Waals surface area contributed by atoms with E-state index in [4.69, 9.17) is 4.42 Å². The number of hydrogen-bond acceptors (Lipinski definition) is 6. The number of furan rings is 1. The van der Waals surface area contributed by atoms with Crippen molar-refractivity contribution < 1.29 is 14.0 Å². The standard InChI is InChI=1S/C23H26N4O3S/c1-15(2)20(25-21(28)18-9-6-12-30-18)22(29)26-23-24-17-10-11-27(14-19(17)31-23)13-16-7-4-3-5-8-16/h3-9,12,15,20H,10-11,13-14H2,1-2H3,(H,25,28)(H,24,26,29). The lowest BCUT2D eigenvalue weighted by Gasteiger charge is -2.25. The summed E-state index contributed by atoms with van der Waals surface area (Å²) in [7, 11) is 0. The van der Waals surface area contributed by atoms with Crippen molar-refractivity contribution in [3.05, 3.63) is 70.6 Å². The van der Waals surface area contributed by atoms with Crippen LogP contribution in [0.3, 0.4) is 0 Å². The number of nitrogens with zero attached hydrogens (tertiary/aromatic N) is 2. The molecular formula is C23H26N4O3S. The first-order chi connectivity index (χ1) is 15.0. The highest BCUT2D eigenvalue weighted by molar-refractivity contribution is 7.15. The summed E-state index contributed by atoms with van der Waals surface area (Å²) in [4.78, 5) is 33.4. The zero-order chi connectivity index (χ0) is 21.8. The molecule has 0 saturated carbocycles. The molecule has 3 aromatic rings. The van der Waals surface area contributed by atoms with Crippen molar-refractivity contribution >= 4 is 28.3 Å². The SMILES string of the molecule is CC(C)C(NC(=O)c1ccco1)C(=O)Nc1nc2c(s1)CN(Cc1ccccc1)CC2. The Hall–Kier alpha value is -2.97. The van der Waals surface area contributed by atoms with Crippen LogP contribution in [0.4, 0.5) is 5.13 Å². The molecule has 1 aliphatic rings. The summed E-state index contributed by atoms with van der Waals surface area (Å²) in [6.07, 6.45) is 2.29. The van der Waals surface area contributed by atoms with Crippen LogP contribution in [0.5, 0.6) is 0 Å². The van der Waals surface area contributed by atoms with Gasteiger partial charge in [-0.25, -0.2) is 4.98 Å². The number of benzene rings is 1. The zero-order valence-electron chi connectivity index (χ0n) is 17.6. The third-order valence-electron chi connectivity index (χ3n) is 5.27. The molecule has 3 heterocycles. The predicted octanol–water partition coefficient (Wildman–Crippen LogP) is 3.69. The molecule has 1 atom stereocenters. The Balaban J connectivity index is 1.39. The fourth-order valence-electron chi connectivity index (χ4n) is 3.62. The lowest BCUT2D eigenvalue weighted by atomic mass is 10.0. The number of carbonyl (C=O) groups is 2. The van der Waals surface area contributed by atoms with E-state index in [0.717, 1.165) is 31.7 Å². The Labute approximate surface area is 185 Å². The molecule has 0 spiro atoms. The van der Waals surface area contributed by atoms with Gasteiger partial charge in [-0.15, -0.1) is 11.3 Å². The van der Waals surface area contributed by atoms with Crippen LogP contribution in [0.2, 0.25) is 0 Å². The summed E-state index contributed by atoms with van der Waals surface area (Å²) < 4.78 is 5.12. The van der Waals surface area contributed by atoms with E-state index in [1.165, 1.54) is 28.0 Å². The minimum Gasteiger partial charge on any atom is -0.459 e. The summed E-state index contributed by atoms with van der Waals surface area (Å²) in [5, 5.41) is 6.24. The second-order valence-corrected chi connectivity index (χ2v) is 9.08. The van der Waals surface area contributed by atoms with Gasteiger partial charge in [0.2, 0.25) is 5.91 Å². The Bertz CT molecular complexity index is 1030. The van der Waals surface area contributed by atoms with Gasteiger partial charge in [0.15, 0.2) is 10.9 Å². The monoisotopic (exact) mass is 438 g/mol. The number of anilines is 1. The summed E-state index contributed by atoms with van der Waals surface area (Å²) in [6.45, 7) is 6.43. The van der Waals surface area contributed by atoms with E-state index >= 15 is 0 Å². The first-order valence-electron chi connectivity index (χ1n) is 10.4. The molecule has 0 saturated heterocycles. The Morgan fingerprint density at radius 2 is 2.00 bits per heavy atom. The van der Waals surface area contributed by atoms with Crippen molar-refractivity contribution in [2.45, 2.75) is 39.4 Å². The zero-order valence-corrected chi connectivity index (χ0v) is 18.4. The van der Waals surface area contributed by atoms with Crippen molar-refractivity contribution in [1.82, 2.24) is 15.2 Å². The van der Waals surface area contributed by atoms with E-state index < -0.39 is 11.9 Å². The number of aromatic nitrogens is 1. The molecule has 1 unspecified atom stereocenters. The van der Waals surface area contributed by atoms with Crippen molar-refractivity contribution in [3.8, 4) is 0 Å². The van der Waals surface area contributed by atoms with E-state index in [0.29, 0.717) is 5.13 Å². The molecule has 8 heteroatoms. The van der Waals surface area contributed by atoms with Gasteiger partial charge in [0.1, 0.15) is 6.04 Å². The highest BCUT2D eigenvalue weighted by Crippen LogP contribution is 2.29. The normalized spacial score (nSPS) is 14.8. The van der Waals surface area contributed by atoms with Crippen LogP contribution >= 0.6 is 11.3 Å². The van der Waals surface area contributed by atoms with Crippen molar-refractivity contribution in [3.63, 3.8) is 0 Å². The van der Waals surface area contributed by atoms with Crippen molar-refractivity contribution in [2.75, 3.05) is 11.9 Å². The average Bonchev–Trinajstić information content (AvgIpc) is 3.41. The van der Waals surface area contributed by atoms with E-state index in [1.807, 2.05) is 19.9 Å². The molecule has 31 heavy (non-hydrogen) atoms. The van der Waals surface area contributed by atoms with Crippen molar-refractivity contribution in [2.24, 2.45) is 5.92 Å². The van der Waals surface area contributed by atoms with E-state index in [9.17, 15) is 9.59 Å². The lowest BCUT2D eigenvalue weighted by molar-refractivity contribution is -0.118. The van der Waals surface area contributed by atoms with E-state index in [1.54, 1.807) is 12.1 Å². The van der Waals surface area contributed by atoms with Crippen molar-refractivity contribution in [1.29, 1.82) is 0 Å². The molecule has 162 valence electrons. The minimum atomic E-state index is -0.687. The third kappa shape index (κ3) is 5.21. The van der Waals surface area contributed by atoms with Crippen LogP contribution < -0.4 is 10.6 Å². The first-order valence-corrected chi connectivity index (χ1v) is 11.2. The number of nitrogens with one attached hydrogen (secondary N) is 2. The average molecular weight is 439 g/mol. The van der Waals surface area contributed by atoms with Gasteiger partial charge in [0, 0.05) is 30.9 Å². The molecule has 1 aromatic carbocycles. The topological polar surface area (TPSA) is 87.5 Å². The molecule has 4 rings (SSSR count). The van der Waals surface area contributed by atoms with Crippen LogP contribution in [0, 0.1) is 5.92 Å². The van der Waals surface area contributed by atoms with Gasteiger partial charge in [-0.05, 0) is 23.6 Å². The highest BCUT2D eigenvalue weighted by atomic mass is 32.1. The van der Waals surface area contributed by atoms with Gasteiger partial charge in [0.05, 0.1) is 12.0 Å². The molecular weight excluding hydrogens is 412 g/mol. The maximum atomic E-state index is 12.9. The fraction of sp³-hybridized carbons (Fsp3) is 0.348. The Morgan fingerprint density at radius 1 is 1.19 bits per heavy atom. The molecule has 2 N–H and O–H groups in total. The van der Waals surface area contributed by atoms with Gasteiger partial charge >= 0.3 is 0 Å². The Kier molecular flexibility index (Phi) is 6.48. The van der Waals surface area contributed by atoms with Crippen LogP contribution in [-0.2, 0) is 24.3 Å². The van der Waals surface area contributed by atoms with Crippen LogP contribution in [0.15, 0.2) is 53.1 Å². The maximum absolute atomic E-state index is 12.9. The molecule has 0 bridgehead atoms. The van der Waals surface area contributed by atoms with Crippen LogP contribution in [-0.4, -0.2) is 34.3 Å². The summed E-state index contributed by atoms with van der Waals surface area (Å²) in [5.41, 5.74) is 2.33. The maximum Gasteiger partial charge on any atom is 0.287 e. The third-order valence-corrected chi connectivity index (χ3v) is 6.27. The molecule has 2 amide bonds. The summed E-state index contributed by atoms with van der Waals surface area (Å²) >= 11 is 1.51. The van der Waals surface area contributed by atoms with Crippen LogP contribution in [0.1, 0.15) is 40.5 Å². The number of carbonyl (C=O) groups excluding carboxylic acids is 2. The number of amides is 2. The molecule has 0 aliphatic carbocycles. The minimum absolute atomic E-state index is 0.0881. The number of hydrogen-bond donors (Lipinski definition) is 2. The molecule has 7 nitrogen and oxygen atoms in total. The number of thiazole rings is 1. The number of fused-ring (bicyclic) bond motifs is 1. The fourth-order valence-corrected chi connectivity index (χ4v) is 4.67. The summed E-state index contributed by atoms with van der Waals surface area (Å²) in [5.74, 6) is -0.590. The first kappa shape index (κ1) is 21.3. The van der Waals surface area contributed by atoms with E-state index in [2.05, 4.69) is 44.8 Å². The van der Waals surface area contributed by atoms with E-state index in [-0.39, 0.29) is 17.6 Å². The summed E-state index contributed by atoms with van der Waals surface area (Å²) in [6, 6.07) is 12.9. The van der Waals surface area contributed by atoms with Gasteiger partial charge < -0.3 is 15.1 Å². The smallest absolute Gasteiger partial charge is 0.287 e. The van der Waals surface area contributed by atoms with Gasteiger partial charge in [-0.3, -0.25) is 14.5 Å². The molecule has 0 radical (unpaired) electrons. The van der Waals surface area contributed by atoms with Crippen LogP contribution in [0.25, 0.3) is 0 Å². The van der Waals surface area contributed by atoms with Gasteiger partial charge in [-0.2, -0.15) is 0 Å². The second-order valence-electron chi connectivity index (χ2n) is 8.00. The quantitative estimate of drug-likeness (QED) is 0.588. The Morgan fingerprint density at radius 3 is 2.71 bits per heavy atom. The van der Waals surface area contributed by atoms with Gasteiger partial charge in [0.25, 0.3) is 5.91 Å². The molecule has 1 aliphatic heterocycles. The lowest BCUT2D eigenvalue weighted by Crippen LogP contribution is -2.47. The van der Waals surface area contributed by atoms with Gasteiger partial charge in [-0.1, -0.05) is 44.2 Å². The predicted molar refractivity (Wildman–Crippen MR) is 120 cm³/mol. The highest BCUT2D eigenvalue weighted by Gasteiger charge is 2.27. The molecule has 0 fully saturated rings. The second kappa shape index (κ2) is 9.45.